The topological polar surface area (TPSA) is 73.6 Å². The summed E-state index contributed by atoms with van der Waals surface area (Å²) in [6.07, 6.45) is 1.51. The number of hydrogen-bond acceptors (Lipinski definition) is 4. The van der Waals surface area contributed by atoms with Crippen molar-refractivity contribution < 1.29 is 14.6 Å². The number of carbonyl (C=O) groups is 1. The van der Waals surface area contributed by atoms with Gasteiger partial charge in [0.25, 0.3) is 0 Å². The summed E-state index contributed by atoms with van der Waals surface area (Å²) in [7, 11) is 1.57. The van der Waals surface area contributed by atoms with E-state index in [0.717, 1.165) is 18.5 Å². The summed E-state index contributed by atoms with van der Waals surface area (Å²) in [6, 6.07) is 7.31. The summed E-state index contributed by atoms with van der Waals surface area (Å²) in [4.78, 5) is 13.4. The zero-order chi connectivity index (χ0) is 14.8. The molecule has 2 rings (SSSR count). The van der Waals surface area contributed by atoms with E-state index < -0.39 is 11.5 Å². The van der Waals surface area contributed by atoms with E-state index in [-0.39, 0.29) is 0 Å². The smallest absolute Gasteiger partial charge is 0.323 e. The van der Waals surface area contributed by atoms with Crippen molar-refractivity contribution in [3.05, 3.63) is 29.3 Å². The average Bonchev–Trinajstić information content (AvgIpc) is 2.81. The minimum absolute atomic E-state index is 0.474. The predicted molar refractivity (Wildman–Crippen MR) is 73.4 cm³/mol. The summed E-state index contributed by atoms with van der Waals surface area (Å²) < 4.78 is 5.30. The first-order valence-electron chi connectivity index (χ1n) is 6.56. The summed E-state index contributed by atoms with van der Waals surface area (Å²) in [5, 5.41) is 18.4. The molecule has 0 saturated carbocycles. The quantitative estimate of drug-likeness (QED) is 0.909. The van der Waals surface area contributed by atoms with Gasteiger partial charge in [0.15, 0.2) is 0 Å². The van der Waals surface area contributed by atoms with Crippen LogP contribution < -0.4 is 4.74 Å². The van der Waals surface area contributed by atoms with E-state index in [1.807, 2.05) is 4.90 Å². The Kier molecular flexibility index (Phi) is 3.96. The van der Waals surface area contributed by atoms with Gasteiger partial charge in [0.2, 0.25) is 0 Å². The molecular weight excluding hydrogens is 256 g/mol. The standard InChI is InChI=1S/C15H18N2O3/c1-15(14(18)19)6-3-7-17(15)10-12-8-11(9-16)4-5-13(12)20-2/h4-5,8H,3,6-7,10H2,1-2H3,(H,18,19). The minimum Gasteiger partial charge on any atom is -0.496 e. The number of hydrogen-bond donors (Lipinski definition) is 1. The van der Waals surface area contributed by atoms with Gasteiger partial charge < -0.3 is 9.84 Å². The van der Waals surface area contributed by atoms with Crippen LogP contribution in [0.25, 0.3) is 0 Å². The van der Waals surface area contributed by atoms with Crippen LogP contribution in [0, 0.1) is 11.3 Å². The van der Waals surface area contributed by atoms with Crippen LogP contribution in [0.2, 0.25) is 0 Å². The molecule has 1 aliphatic rings. The Morgan fingerprint density at radius 3 is 2.95 bits per heavy atom. The first-order valence-corrected chi connectivity index (χ1v) is 6.56. The van der Waals surface area contributed by atoms with Gasteiger partial charge in [-0.25, -0.2) is 0 Å². The lowest BCUT2D eigenvalue weighted by atomic mass is 9.98. The third-order valence-corrected chi connectivity index (χ3v) is 4.02. The fourth-order valence-corrected chi connectivity index (χ4v) is 2.69. The number of likely N-dealkylation sites (tertiary alicyclic amines) is 1. The van der Waals surface area contributed by atoms with Gasteiger partial charge in [0.05, 0.1) is 18.7 Å². The van der Waals surface area contributed by atoms with Crippen molar-refractivity contribution >= 4 is 5.97 Å². The van der Waals surface area contributed by atoms with Gasteiger partial charge in [0, 0.05) is 12.1 Å². The Hall–Kier alpha value is -2.06. The van der Waals surface area contributed by atoms with E-state index in [2.05, 4.69) is 6.07 Å². The van der Waals surface area contributed by atoms with E-state index in [9.17, 15) is 9.90 Å². The third-order valence-electron chi connectivity index (χ3n) is 4.02. The lowest BCUT2D eigenvalue weighted by Crippen LogP contribution is -2.47. The summed E-state index contributed by atoms with van der Waals surface area (Å²) >= 11 is 0. The zero-order valence-electron chi connectivity index (χ0n) is 11.7. The van der Waals surface area contributed by atoms with Crippen molar-refractivity contribution in [3.8, 4) is 11.8 Å². The number of carboxylic acid groups (broad SMARTS) is 1. The molecule has 0 bridgehead atoms. The molecule has 106 valence electrons. The largest absolute Gasteiger partial charge is 0.496 e. The molecule has 5 heteroatoms. The number of ether oxygens (including phenoxy) is 1. The third kappa shape index (κ3) is 2.47. The molecule has 1 heterocycles. The highest BCUT2D eigenvalue weighted by Gasteiger charge is 2.43. The summed E-state index contributed by atoms with van der Waals surface area (Å²) in [5.74, 6) is -0.117. The summed E-state index contributed by atoms with van der Waals surface area (Å²) in [6.45, 7) is 2.97. The van der Waals surface area contributed by atoms with E-state index >= 15 is 0 Å². The van der Waals surface area contributed by atoms with Crippen LogP contribution in [0.1, 0.15) is 30.9 Å². The molecule has 0 radical (unpaired) electrons. The molecule has 0 aliphatic carbocycles. The van der Waals surface area contributed by atoms with Gasteiger partial charge in [-0.3, -0.25) is 9.69 Å². The number of aliphatic carboxylic acids is 1. The molecule has 1 aromatic rings. The fourth-order valence-electron chi connectivity index (χ4n) is 2.69. The number of rotatable bonds is 4. The molecule has 1 unspecified atom stereocenters. The molecule has 20 heavy (non-hydrogen) atoms. The molecule has 1 N–H and O–H groups in total. The van der Waals surface area contributed by atoms with Crippen LogP contribution in [0.3, 0.4) is 0 Å². The SMILES string of the molecule is COc1ccc(C#N)cc1CN1CCCC1(C)C(=O)O. The van der Waals surface area contributed by atoms with Crippen molar-refractivity contribution in [2.24, 2.45) is 0 Å². The highest BCUT2D eigenvalue weighted by molar-refractivity contribution is 5.78. The van der Waals surface area contributed by atoms with E-state index in [1.54, 1.807) is 32.2 Å². The maximum atomic E-state index is 11.5. The maximum Gasteiger partial charge on any atom is 0.323 e. The van der Waals surface area contributed by atoms with E-state index in [1.165, 1.54) is 0 Å². The van der Waals surface area contributed by atoms with Gasteiger partial charge in [-0.2, -0.15) is 5.26 Å². The van der Waals surface area contributed by atoms with Crippen LogP contribution in [0.5, 0.6) is 5.75 Å². The van der Waals surface area contributed by atoms with E-state index in [0.29, 0.717) is 24.3 Å². The molecule has 1 aromatic carbocycles. The Morgan fingerprint density at radius 1 is 1.60 bits per heavy atom. The second-order valence-electron chi connectivity index (χ2n) is 5.24. The molecule has 1 atom stereocenters. The number of benzene rings is 1. The molecule has 0 spiro atoms. The molecule has 0 amide bonds. The highest BCUT2D eigenvalue weighted by atomic mass is 16.5. The fraction of sp³-hybridized carbons (Fsp3) is 0.467. The number of methoxy groups -OCH3 is 1. The van der Waals surface area contributed by atoms with Crippen LogP contribution in [-0.2, 0) is 11.3 Å². The Balaban J connectivity index is 2.30. The second kappa shape index (κ2) is 5.51. The van der Waals surface area contributed by atoms with Crippen molar-refractivity contribution in [2.75, 3.05) is 13.7 Å². The summed E-state index contributed by atoms with van der Waals surface area (Å²) in [5.41, 5.74) is 0.561. The predicted octanol–water partition coefficient (Wildman–Crippen LogP) is 2.01. The van der Waals surface area contributed by atoms with E-state index in [4.69, 9.17) is 10.00 Å². The first kappa shape index (κ1) is 14.4. The van der Waals surface area contributed by atoms with Crippen LogP contribution in [0.15, 0.2) is 18.2 Å². The van der Waals surface area contributed by atoms with Crippen LogP contribution in [0.4, 0.5) is 0 Å². The number of carboxylic acids is 1. The Morgan fingerprint density at radius 2 is 2.35 bits per heavy atom. The first-order chi connectivity index (χ1) is 9.51. The van der Waals surface area contributed by atoms with Crippen LogP contribution >= 0.6 is 0 Å². The molecular formula is C15H18N2O3. The minimum atomic E-state index is -0.840. The van der Waals surface area contributed by atoms with Crippen molar-refractivity contribution in [2.45, 2.75) is 31.8 Å². The van der Waals surface area contributed by atoms with Gasteiger partial charge >= 0.3 is 5.97 Å². The number of nitrogens with zero attached hydrogens (tertiary/aromatic N) is 2. The molecule has 1 saturated heterocycles. The number of nitriles is 1. The van der Waals surface area contributed by atoms with Crippen molar-refractivity contribution in [1.82, 2.24) is 4.90 Å². The van der Waals surface area contributed by atoms with Gasteiger partial charge in [-0.05, 0) is 44.5 Å². The lowest BCUT2D eigenvalue weighted by Gasteiger charge is -2.31. The zero-order valence-corrected chi connectivity index (χ0v) is 11.7. The maximum absolute atomic E-state index is 11.5. The van der Waals surface area contributed by atoms with Gasteiger partial charge in [0.1, 0.15) is 11.3 Å². The second-order valence-corrected chi connectivity index (χ2v) is 5.24. The lowest BCUT2D eigenvalue weighted by molar-refractivity contribution is -0.148. The molecule has 1 aliphatic heterocycles. The molecule has 0 aromatic heterocycles. The Labute approximate surface area is 118 Å². The van der Waals surface area contributed by atoms with Crippen LogP contribution in [-0.4, -0.2) is 35.2 Å². The average molecular weight is 274 g/mol. The normalized spacial score (nSPS) is 22.4. The van der Waals surface area contributed by atoms with Crippen molar-refractivity contribution in [3.63, 3.8) is 0 Å². The molecule has 5 nitrogen and oxygen atoms in total. The molecule has 1 fully saturated rings. The Bertz CT molecular complexity index is 565. The van der Waals surface area contributed by atoms with Crippen molar-refractivity contribution in [1.29, 1.82) is 5.26 Å². The monoisotopic (exact) mass is 274 g/mol. The highest BCUT2D eigenvalue weighted by Crippen LogP contribution is 2.32. The van der Waals surface area contributed by atoms with Gasteiger partial charge in [-0.1, -0.05) is 0 Å². The van der Waals surface area contributed by atoms with Gasteiger partial charge in [-0.15, -0.1) is 0 Å².